The van der Waals surface area contributed by atoms with Gasteiger partial charge in [0, 0.05) is 23.5 Å². The fourth-order valence-corrected chi connectivity index (χ4v) is 2.21. The molecule has 0 aliphatic heterocycles. The molecule has 1 aromatic heterocycles. The molecule has 3 rings (SSSR count). The topological polar surface area (TPSA) is 62.5 Å². The minimum absolute atomic E-state index is 0.00711. The normalized spacial score (nSPS) is 11.5. The van der Waals surface area contributed by atoms with Crippen molar-refractivity contribution in [3.05, 3.63) is 78.1 Å². The Labute approximate surface area is 121 Å². The number of hydrogen-bond donors (Lipinski definition) is 1. The second-order valence-electron chi connectivity index (χ2n) is 4.58. The van der Waals surface area contributed by atoms with Gasteiger partial charge in [-0.3, -0.25) is 9.78 Å². The van der Waals surface area contributed by atoms with Crippen LogP contribution in [0.3, 0.4) is 0 Å². The summed E-state index contributed by atoms with van der Waals surface area (Å²) in [4.78, 5) is 16.4. The van der Waals surface area contributed by atoms with Gasteiger partial charge >= 0.3 is 0 Å². The van der Waals surface area contributed by atoms with Crippen LogP contribution in [0.15, 0.2) is 72.1 Å². The Morgan fingerprint density at radius 2 is 1.62 bits per heavy atom. The summed E-state index contributed by atoms with van der Waals surface area (Å²) in [6.45, 7) is 0. The molecule has 0 radical (unpaired) electrons. The maximum atomic E-state index is 12.5. The monoisotopic (exact) mass is 276 g/mol. The quantitative estimate of drug-likeness (QED) is 0.345. The van der Waals surface area contributed by atoms with Gasteiger partial charge in [0.25, 0.3) is 0 Å². The van der Waals surface area contributed by atoms with E-state index in [1.165, 1.54) is 0 Å². The number of aromatic nitrogens is 1. The van der Waals surface area contributed by atoms with Crippen molar-refractivity contribution in [3.8, 4) is 0 Å². The first-order valence-electron chi connectivity index (χ1n) is 6.45. The van der Waals surface area contributed by atoms with E-state index in [4.69, 9.17) is 0 Å². The first-order chi connectivity index (χ1) is 10.3. The second kappa shape index (κ2) is 5.54. The highest BCUT2D eigenvalue weighted by molar-refractivity contribution is 6.51. The number of Topliss-reactive ketones (excluding diaryl/α,β-unsaturated/α-hetero) is 1. The van der Waals surface area contributed by atoms with Crippen LogP contribution in [0.4, 0.5) is 0 Å². The lowest BCUT2D eigenvalue weighted by Gasteiger charge is -2.05. The van der Waals surface area contributed by atoms with Crippen molar-refractivity contribution in [1.29, 1.82) is 0 Å². The van der Waals surface area contributed by atoms with Crippen molar-refractivity contribution in [1.82, 2.24) is 4.98 Å². The van der Waals surface area contributed by atoms with E-state index in [0.29, 0.717) is 11.1 Å². The smallest absolute Gasteiger partial charge is 0.215 e. The number of oxime groups is 1. The zero-order valence-electron chi connectivity index (χ0n) is 11.1. The van der Waals surface area contributed by atoms with Gasteiger partial charge in [0.05, 0.1) is 0 Å². The minimum atomic E-state index is -0.325. The van der Waals surface area contributed by atoms with Crippen LogP contribution in [-0.2, 0) is 0 Å². The molecule has 2 aromatic carbocycles. The molecule has 0 saturated heterocycles. The summed E-state index contributed by atoms with van der Waals surface area (Å²) >= 11 is 0. The summed E-state index contributed by atoms with van der Waals surface area (Å²) in [5.74, 6) is -0.325. The fraction of sp³-hybridized carbons (Fsp3) is 0. The van der Waals surface area contributed by atoms with Gasteiger partial charge in [-0.25, -0.2) is 0 Å². The molecule has 0 fully saturated rings. The van der Waals surface area contributed by atoms with Gasteiger partial charge in [-0.05, 0) is 29.0 Å². The third kappa shape index (κ3) is 2.51. The van der Waals surface area contributed by atoms with Crippen molar-refractivity contribution in [2.24, 2.45) is 5.16 Å². The largest absolute Gasteiger partial charge is 0.410 e. The van der Waals surface area contributed by atoms with E-state index in [-0.39, 0.29) is 11.5 Å². The van der Waals surface area contributed by atoms with E-state index in [1.807, 2.05) is 30.3 Å². The molecular formula is C17H12N2O2. The van der Waals surface area contributed by atoms with Crippen LogP contribution < -0.4 is 0 Å². The minimum Gasteiger partial charge on any atom is -0.410 e. The average molecular weight is 276 g/mol. The molecule has 1 heterocycles. The summed E-state index contributed by atoms with van der Waals surface area (Å²) in [5, 5.41) is 14.3. The third-order valence-electron chi connectivity index (χ3n) is 3.28. The van der Waals surface area contributed by atoms with E-state index in [0.717, 1.165) is 10.8 Å². The lowest BCUT2D eigenvalue weighted by Crippen LogP contribution is -2.16. The van der Waals surface area contributed by atoms with Crippen molar-refractivity contribution < 1.29 is 10.0 Å². The summed E-state index contributed by atoms with van der Waals surface area (Å²) in [5.41, 5.74) is 1.02. The number of hydrogen-bond acceptors (Lipinski definition) is 4. The molecule has 21 heavy (non-hydrogen) atoms. The number of carbonyl (C=O) groups is 1. The molecule has 0 aliphatic carbocycles. The zero-order valence-corrected chi connectivity index (χ0v) is 11.1. The predicted molar refractivity (Wildman–Crippen MR) is 80.8 cm³/mol. The van der Waals surface area contributed by atoms with E-state index in [1.54, 1.807) is 36.7 Å². The molecule has 3 aromatic rings. The molecule has 4 nitrogen and oxygen atoms in total. The lowest BCUT2D eigenvalue weighted by molar-refractivity contribution is 0.106. The molecule has 1 N–H and O–H groups in total. The van der Waals surface area contributed by atoms with Gasteiger partial charge in [-0.2, -0.15) is 0 Å². The number of carbonyl (C=O) groups excluding carboxylic acids is 1. The molecule has 0 bridgehead atoms. The molecule has 0 atom stereocenters. The molecule has 0 amide bonds. The Bertz CT molecular complexity index is 826. The van der Waals surface area contributed by atoms with Gasteiger partial charge in [-0.1, -0.05) is 41.6 Å². The van der Waals surface area contributed by atoms with Gasteiger partial charge in [0.1, 0.15) is 0 Å². The van der Waals surface area contributed by atoms with E-state index in [2.05, 4.69) is 10.1 Å². The highest BCUT2D eigenvalue weighted by atomic mass is 16.4. The Hall–Kier alpha value is -3.01. The van der Waals surface area contributed by atoms with Crippen LogP contribution in [0, 0.1) is 0 Å². The fourth-order valence-electron chi connectivity index (χ4n) is 2.21. The third-order valence-corrected chi connectivity index (χ3v) is 3.28. The van der Waals surface area contributed by atoms with Crippen molar-refractivity contribution in [3.63, 3.8) is 0 Å². The highest BCUT2D eigenvalue weighted by Gasteiger charge is 2.17. The van der Waals surface area contributed by atoms with Crippen LogP contribution >= 0.6 is 0 Å². The van der Waals surface area contributed by atoms with Gasteiger partial charge in [0.15, 0.2) is 5.71 Å². The highest BCUT2D eigenvalue weighted by Crippen LogP contribution is 2.17. The van der Waals surface area contributed by atoms with Gasteiger partial charge in [-0.15, -0.1) is 0 Å². The molecule has 0 unspecified atom stereocenters. The summed E-state index contributed by atoms with van der Waals surface area (Å²) < 4.78 is 0. The van der Waals surface area contributed by atoms with E-state index >= 15 is 0 Å². The van der Waals surface area contributed by atoms with Crippen LogP contribution in [0.1, 0.15) is 15.9 Å². The van der Waals surface area contributed by atoms with Crippen molar-refractivity contribution >= 4 is 22.3 Å². The van der Waals surface area contributed by atoms with Crippen LogP contribution in [0.2, 0.25) is 0 Å². The van der Waals surface area contributed by atoms with Crippen LogP contribution in [-0.4, -0.2) is 21.7 Å². The van der Waals surface area contributed by atoms with Gasteiger partial charge < -0.3 is 5.21 Å². The first kappa shape index (κ1) is 13.0. The molecular weight excluding hydrogens is 264 g/mol. The summed E-state index contributed by atoms with van der Waals surface area (Å²) in [6, 6.07) is 16.5. The standard InChI is InChI=1S/C17H12N2O2/c20-17(16(19-21)13-7-9-18-10-8-13)15-6-5-12-3-1-2-4-14(12)11-15/h1-11,21H/b19-16+. The Morgan fingerprint density at radius 1 is 0.905 bits per heavy atom. The Balaban J connectivity index is 2.03. The molecule has 0 spiro atoms. The zero-order chi connectivity index (χ0) is 14.7. The van der Waals surface area contributed by atoms with E-state index < -0.39 is 0 Å². The second-order valence-corrected chi connectivity index (χ2v) is 4.58. The van der Waals surface area contributed by atoms with E-state index in [9.17, 15) is 10.0 Å². The Morgan fingerprint density at radius 3 is 2.33 bits per heavy atom. The number of pyridine rings is 1. The Kier molecular flexibility index (Phi) is 3.43. The molecule has 102 valence electrons. The number of benzene rings is 2. The summed E-state index contributed by atoms with van der Waals surface area (Å²) in [7, 11) is 0. The molecule has 0 saturated carbocycles. The lowest BCUT2D eigenvalue weighted by atomic mass is 9.99. The number of fused-ring (bicyclic) bond motifs is 1. The van der Waals surface area contributed by atoms with Crippen molar-refractivity contribution in [2.45, 2.75) is 0 Å². The number of ketones is 1. The average Bonchev–Trinajstić information content (AvgIpc) is 2.56. The number of rotatable bonds is 3. The van der Waals surface area contributed by atoms with Crippen LogP contribution in [0.25, 0.3) is 10.8 Å². The predicted octanol–water partition coefficient (Wildman–Crippen LogP) is 3.30. The van der Waals surface area contributed by atoms with Crippen LogP contribution in [0.5, 0.6) is 0 Å². The summed E-state index contributed by atoms with van der Waals surface area (Å²) in [6.07, 6.45) is 3.10. The maximum Gasteiger partial charge on any atom is 0.215 e. The number of nitrogens with zero attached hydrogens (tertiary/aromatic N) is 2. The maximum absolute atomic E-state index is 12.5. The SMILES string of the molecule is O=C(/C(=N/O)c1ccncc1)c1ccc2ccccc2c1. The van der Waals surface area contributed by atoms with Gasteiger partial charge in [0.2, 0.25) is 5.78 Å². The van der Waals surface area contributed by atoms with Crippen molar-refractivity contribution in [2.75, 3.05) is 0 Å². The molecule has 4 heteroatoms. The molecule has 0 aliphatic rings. The first-order valence-corrected chi connectivity index (χ1v) is 6.45.